The fourth-order valence-corrected chi connectivity index (χ4v) is 2.02. The van der Waals surface area contributed by atoms with Gasteiger partial charge in [-0.15, -0.1) is 0 Å². The first-order chi connectivity index (χ1) is 7.84. The van der Waals surface area contributed by atoms with Crippen LogP contribution in [0.25, 0.3) is 0 Å². The number of benzene rings is 1. The molecule has 1 atom stereocenters. The molecule has 1 aromatic heterocycles. The van der Waals surface area contributed by atoms with Gasteiger partial charge < -0.3 is 9.30 Å². The average Bonchev–Trinajstić information content (AvgIpc) is 2.78. The largest absolute Gasteiger partial charge is 0.373 e. The first-order valence-corrected chi connectivity index (χ1v) is 5.18. The molecule has 1 unspecified atom stereocenters. The lowest BCUT2D eigenvalue weighted by molar-refractivity contribution is 0.0695. The van der Waals surface area contributed by atoms with Gasteiger partial charge in [-0.3, -0.25) is 0 Å². The summed E-state index contributed by atoms with van der Waals surface area (Å²) < 4.78 is 20.4. The number of ether oxygens (including phenoxy) is 1. The third kappa shape index (κ3) is 1.51. The zero-order valence-corrected chi connectivity index (χ0v) is 8.64. The molecule has 0 spiro atoms. The van der Waals surface area contributed by atoms with E-state index in [1.807, 2.05) is 0 Å². The maximum atomic E-state index is 12.8. The van der Waals surface area contributed by atoms with Gasteiger partial charge in [-0.2, -0.15) is 0 Å². The third-order valence-electron chi connectivity index (χ3n) is 2.86. The van der Waals surface area contributed by atoms with Crippen LogP contribution in [-0.2, 0) is 11.3 Å². The summed E-state index contributed by atoms with van der Waals surface area (Å²) in [5.74, 6) is -0.216. The molecular weight excluding hydrogens is 207 g/mol. The summed E-state index contributed by atoms with van der Waals surface area (Å²) in [7, 11) is 0. The minimum absolute atomic E-state index is 0.104. The molecule has 0 aliphatic carbocycles. The van der Waals surface area contributed by atoms with Crippen molar-refractivity contribution in [2.75, 3.05) is 6.61 Å². The lowest BCUT2D eigenvalue weighted by atomic mass is 10.1. The summed E-state index contributed by atoms with van der Waals surface area (Å²) in [6, 6.07) is 6.63. The van der Waals surface area contributed by atoms with E-state index in [-0.39, 0.29) is 11.9 Å². The average molecular weight is 218 g/mol. The molecule has 1 aliphatic heterocycles. The summed E-state index contributed by atoms with van der Waals surface area (Å²) in [6.45, 7) is 1.20. The Morgan fingerprint density at radius 3 is 2.94 bits per heavy atom. The highest BCUT2D eigenvalue weighted by Crippen LogP contribution is 2.25. The molecule has 2 aromatic rings. The molecule has 0 fully saturated rings. The third-order valence-corrected chi connectivity index (χ3v) is 2.86. The summed E-state index contributed by atoms with van der Waals surface area (Å²) in [5.41, 5.74) is 2.10. The number of imidazole rings is 1. The zero-order chi connectivity index (χ0) is 11.0. The number of aromatic nitrogens is 2. The zero-order valence-electron chi connectivity index (χ0n) is 8.64. The van der Waals surface area contributed by atoms with Crippen LogP contribution >= 0.6 is 0 Å². The number of nitrogens with zero attached hydrogens (tertiary/aromatic N) is 2. The number of halogens is 1. The molecular formula is C12H11FN2O. The van der Waals surface area contributed by atoms with E-state index in [2.05, 4.69) is 9.55 Å². The maximum absolute atomic E-state index is 12.8. The van der Waals surface area contributed by atoms with Gasteiger partial charge in [-0.05, 0) is 17.7 Å². The maximum Gasteiger partial charge on any atom is 0.123 e. The Labute approximate surface area is 92.5 Å². The van der Waals surface area contributed by atoms with Gasteiger partial charge in [0.2, 0.25) is 0 Å². The van der Waals surface area contributed by atoms with Crippen LogP contribution in [0.5, 0.6) is 0 Å². The fourth-order valence-electron chi connectivity index (χ4n) is 2.02. The predicted molar refractivity (Wildman–Crippen MR) is 56.4 cm³/mol. The van der Waals surface area contributed by atoms with Gasteiger partial charge in [0.05, 0.1) is 37.5 Å². The van der Waals surface area contributed by atoms with Crippen molar-refractivity contribution in [3.8, 4) is 0 Å². The summed E-state index contributed by atoms with van der Waals surface area (Å²) in [6.07, 6.45) is 3.60. The topological polar surface area (TPSA) is 27.1 Å². The van der Waals surface area contributed by atoms with E-state index in [9.17, 15) is 4.39 Å². The van der Waals surface area contributed by atoms with Gasteiger partial charge >= 0.3 is 0 Å². The second-order valence-electron chi connectivity index (χ2n) is 3.87. The minimum atomic E-state index is -0.216. The monoisotopic (exact) mass is 218 g/mol. The van der Waals surface area contributed by atoms with Crippen molar-refractivity contribution in [1.29, 1.82) is 0 Å². The highest BCUT2D eigenvalue weighted by Gasteiger charge is 2.21. The molecule has 16 heavy (non-hydrogen) atoms. The standard InChI is InChI=1S/C12H11FN2O/c13-10-3-1-9(2-4-10)12-7-16-6-11-5-14-8-15(11)12/h1-5,8,12H,6-7H2. The van der Waals surface area contributed by atoms with Crippen molar-refractivity contribution in [3.05, 3.63) is 53.9 Å². The first-order valence-electron chi connectivity index (χ1n) is 5.18. The Kier molecular flexibility index (Phi) is 2.22. The van der Waals surface area contributed by atoms with Crippen molar-refractivity contribution in [2.24, 2.45) is 0 Å². The van der Waals surface area contributed by atoms with Crippen LogP contribution in [0.4, 0.5) is 4.39 Å². The van der Waals surface area contributed by atoms with E-state index in [1.165, 1.54) is 12.1 Å². The molecule has 4 heteroatoms. The van der Waals surface area contributed by atoms with Crippen LogP contribution < -0.4 is 0 Å². The Morgan fingerprint density at radius 2 is 2.12 bits per heavy atom. The molecule has 0 amide bonds. The molecule has 1 aliphatic rings. The van der Waals surface area contributed by atoms with Crippen molar-refractivity contribution in [2.45, 2.75) is 12.6 Å². The number of fused-ring (bicyclic) bond motifs is 1. The Balaban J connectivity index is 2.00. The van der Waals surface area contributed by atoms with Crippen LogP contribution in [0.15, 0.2) is 36.8 Å². The number of hydrogen-bond acceptors (Lipinski definition) is 2. The van der Waals surface area contributed by atoms with Gasteiger partial charge in [-0.1, -0.05) is 12.1 Å². The van der Waals surface area contributed by atoms with E-state index < -0.39 is 0 Å². The Hall–Kier alpha value is -1.68. The lowest BCUT2D eigenvalue weighted by Gasteiger charge is -2.25. The predicted octanol–water partition coefficient (Wildman–Crippen LogP) is 2.14. The van der Waals surface area contributed by atoms with Crippen LogP contribution in [0.1, 0.15) is 17.3 Å². The van der Waals surface area contributed by atoms with Crippen molar-refractivity contribution >= 4 is 0 Å². The van der Waals surface area contributed by atoms with Gasteiger partial charge in [0.15, 0.2) is 0 Å². The second kappa shape index (κ2) is 3.72. The molecule has 3 rings (SSSR count). The lowest BCUT2D eigenvalue weighted by Crippen LogP contribution is -2.23. The van der Waals surface area contributed by atoms with Crippen LogP contribution in [0.2, 0.25) is 0 Å². The van der Waals surface area contributed by atoms with E-state index in [1.54, 1.807) is 24.7 Å². The molecule has 1 aromatic carbocycles. The van der Waals surface area contributed by atoms with Gasteiger partial charge in [0.25, 0.3) is 0 Å². The molecule has 2 heterocycles. The van der Waals surface area contributed by atoms with Gasteiger partial charge in [-0.25, -0.2) is 9.37 Å². The highest BCUT2D eigenvalue weighted by molar-refractivity contribution is 5.22. The van der Waals surface area contributed by atoms with Gasteiger partial charge in [0, 0.05) is 0 Å². The summed E-state index contributed by atoms with van der Waals surface area (Å²) in [5, 5.41) is 0. The van der Waals surface area contributed by atoms with E-state index in [4.69, 9.17) is 4.74 Å². The van der Waals surface area contributed by atoms with Crippen molar-refractivity contribution in [1.82, 2.24) is 9.55 Å². The SMILES string of the molecule is Fc1ccc(C2COCc3cncn32)cc1. The molecule has 3 nitrogen and oxygen atoms in total. The van der Waals surface area contributed by atoms with Crippen LogP contribution in [-0.4, -0.2) is 16.2 Å². The summed E-state index contributed by atoms with van der Waals surface area (Å²) >= 11 is 0. The molecule has 82 valence electrons. The quantitative estimate of drug-likeness (QED) is 0.733. The molecule has 0 saturated heterocycles. The normalized spacial score (nSPS) is 19.4. The van der Waals surface area contributed by atoms with Crippen molar-refractivity contribution < 1.29 is 9.13 Å². The van der Waals surface area contributed by atoms with E-state index >= 15 is 0 Å². The van der Waals surface area contributed by atoms with Gasteiger partial charge in [0.1, 0.15) is 5.82 Å². The van der Waals surface area contributed by atoms with E-state index in [0.29, 0.717) is 13.2 Å². The number of rotatable bonds is 1. The highest BCUT2D eigenvalue weighted by atomic mass is 19.1. The van der Waals surface area contributed by atoms with Crippen molar-refractivity contribution in [3.63, 3.8) is 0 Å². The smallest absolute Gasteiger partial charge is 0.123 e. The molecule has 0 saturated carbocycles. The fraction of sp³-hybridized carbons (Fsp3) is 0.250. The van der Waals surface area contributed by atoms with Crippen LogP contribution in [0.3, 0.4) is 0 Å². The number of hydrogen-bond donors (Lipinski definition) is 0. The molecule has 0 N–H and O–H groups in total. The summed E-state index contributed by atoms with van der Waals surface area (Å²) in [4.78, 5) is 4.11. The van der Waals surface area contributed by atoms with E-state index in [0.717, 1.165) is 11.3 Å². The Morgan fingerprint density at radius 1 is 1.31 bits per heavy atom. The first kappa shape index (κ1) is 9.54. The molecule has 0 bridgehead atoms. The van der Waals surface area contributed by atoms with Crippen LogP contribution in [0, 0.1) is 5.82 Å². The Bertz CT molecular complexity index is 492. The minimum Gasteiger partial charge on any atom is -0.373 e. The molecule has 0 radical (unpaired) electrons. The second-order valence-corrected chi connectivity index (χ2v) is 3.87.